The largest absolute Gasteiger partial charge is 0.286 e. The number of aliphatic imine (C=N–C) groups is 1. The molecule has 1 saturated carbocycles. The Bertz CT molecular complexity index is 366. The van der Waals surface area contributed by atoms with Crippen LogP contribution in [0.2, 0.25) is 0 Å². The van der Waals surface area contributed by atoms with Gasteiger partial charge in [-0.1, -0.05) is 50.1 Å². The molecular weight excluding hydrogens is 206 g/mol. The van der Waals surface area contributed by atoms with Gasteiger partial charge in [-0.25, -0.2) is 0 Å². The monoisotopic (exact) mass is 229 g/mol. The summed E-state index contributed by atoms with van der Waals surface area (Å²) in [7, 11) is 0. The average Bonchev–Trinajstić information content (AvgIpc) is 2.56. The fourth-order valence-corrected chi connectivity index (χ4v) is 2.59. The lowest BCUT2D eigenvalue weighted by Gasteiger charge is -2.14. The first kappa shape index (κ1) is 12.3. The Labute approximate surface area is 105 Å². The van der Waals surface area contributed by atoms with E-state index in [-0.39, 0.29) is 0 Å². The molecule has 1 nitrogen and oxygen atoms in total. The van der Waals surface area contributed by atoms with E-state index in [1.807, 2.05) is 0 Å². The van der Waals surface area contributed by atoms with E-state index in [0.717, 1.165) is 0 Å². The number of nitrogens with zero attached hydrogens (tertiary/aromatic N) is 1. The zero-order chi connectivity index (χ0) is 12.1. The molecular formula is C16H23N. The van der Waals surface area contributed by atoms with Crippen molar-refractivity contribution >= 4 is 5.71 Å². The van der Waals surface area contributed by atoms with E-state index in [4.69, 9.17) is 4.99 Å². The molecule has 0 aliphatic heterocycles. The Kier molecular flexibility index (Phi) is 4.36. The van der Waals surface area contributed by atoms with Crippen LogP contribution in [-0.2, 0) is 0 Å². The molecule has 2 rings (SSSR count). The van der Waals surface area contributed by atoms with E-state index in [1.54, 1.807) is 0 Å². The lowest BCUT2D eigenvalue weighted by atomic mass is 9.99. The van der Waals surface area contributed by atoms with Crippen molar-refractivity contribution in [2.45, 2.75) is 52.0 Å². The Balaban J connectivity index is 2.11. The summed E-state index contributed by atoms with van der Waals surface area (Å²) < 4.78 is 0. The summed E-state index contributed by atoms with van der Waals surface area (Å²) in [5.41, 5.74) is 2.77. The van der Waals surface area contributed by atoms with Crippen molar-refractivity contribution in [1.82, 2.24) is 0 Å². The van der Waals surface area contributed by atoms with Gasteiger partial charge in [-0.15, -0.1) is 0 Å². The number of benzene rings is 1. The third-order valence-electron chi connectivity index (χ3n) is 3.78. The summed E-state index contributed by atoms with van der Waals surface area (Å²) in [5.74, 6) is 0.684. The highest BCUT2D eigenvalue weighted by atomic mass is 14.8. The number of rotatable bonds is 2. The molecule has 1 aromatic rings. The quantitative estimate of drug-likeness (QED) is 0.647. The molecule has 1 aromatic carbocycles. The van der Waals surface area contributed by atoms with Crippen LogP contribution in [0.3, 0.4) is 0 Å². The Morgan fingerprint density at radius 1 is 1.12 bits per heavy atom. The molecule has 0 saturated heterocycles. The van der Waals surface area contributed by atoms with E-state index >= 15 is 0 Å². The zero-order valence-electron chi connectivity index (χ0n) is 11.0. The summed E-state index contributed by atoms with van der Waals surface area (Å²) in [6, 6.07) is 10.9. The van der Waals surface area contributed by atoms with Gasteiger partial charge in [-0.05, 0) is 37.7 Å². The van der Waals surface area contributed by atoms with Crippen molar-refractivity contribution in [2.24, 2.45) is 10.9 Å². The molecule has 2 atom stereocenters. The second-order valence-electron chi connectivity index (χ2n) is 5.21. The molecule has 0 radical (unpaired) electrons. The van der Waals surface area contributed by atoms with Gasteiger partial charge >= 0.3 is 0 Å². The van der Waals surface area contributed by atoms with Crippen molar-refractivity contribution in [3.8, 4) is 0 Å². The molecule has 1 heteroatoms. The molecule has 1 aliphatic rings. The lowest BCUT2D eigenvalue weighted by Crippen LogP contribution is -2.10. The minimum atomic E-state index is 0.312. The first-order valence-corrected chi connectivity index (χ1v) is 6.89. The highest BCUT2D eigenvalue weighted by Gasteiger charge is 2.15. The highest BCUT2D eigenvalue weighted by Crippen LogP contribution is 2.24. The molecule has 0 bridgehead atoms. The van der Waals surface area contributed by atoms with Gasteiger partial charge < -0.3 is 0 Å². The summed E-state index contributed by atoms with van der Waals surface area (Å²) in [6.45, 7) is 4.54. The highest BCUT2D eigenvalue weighted by molar-refractivity contribution is 5.86. The summed E-state index contributed by atoms with van der Waals surface area (Å²) in [5, 5.41) is 0. The van der Waals surface area contributed by atoms with Gasteiger partial charge in [0.25, 0.3) is 0 Å². The molecule has 0 N–H and O–H groups in total. The van der Waals surface area contributed by atoms with Crippen molar-refractivity contribution in [3.63, 3.8) is 0 Å². The SMILES string of the molecule is CC1CCCCCC1=N[C@H](C)c1ccccc1. The number of hydrogen-bond donors (Lipinski definition) is 0. The molecule has 0 heterocycles. The summed E-state index contributed by atoms with van der Waals surface area (Å²) >= 11 is 0. The molecule has 1 fully saturated rings. The topological polar surface area (TPSA) is 12.4 Å². The van der Waals surface area contributed by atoms with Gasteiger partial charge in [0.05, 0.1) is 6.04 Å². The van der Waals surface area contributed by atoms with Crippen molar-refractivity contribution < 1.29 is 0 Å². The van der Waals surface area contributed by atoms with Crippen LogP contribution in [0.5, 0.6) is 0 Å². The normalized spacial score (nSPS) is 25.5. The average molecular weight is 229 g/mol. The zero-order valence-corrected chi connectivity index (χ0v) is 11.0. The van der Waals surface area contributed by atoms with E-state index < -0.39 is 0 Å². The maximum Gasteiger partial charge on any atom is 0.0720 e. The van der Waals surface area contributed by atoms with Gasteiger partial charge in [0.15, 0.2) is 0 Å². The van der Waals surface area contributed by atoms with Crippen LogP contribution in [0.15, 0.2) is 35.3 Å². The van der Waals surface area contributed by atoms with Gasteiger partial charge in [0.1, 0.15) is 0 Å². The van der Waals surface area contributed by atoms with E-state index in [2.05, 4.69) is 44.2 Å². The maximum atomic E-state index is 4.96. The molecule has 1 unspecified atom stereocenters. The first-order chi connectivity index (χ1) is 8.27. The molecule has 0 amide bonds. The fourth-order valence-electron chi connectivity index (χ4n) is 2.59. The van der Waals surface area contributed by atoms with Crippen LogP contribution < -0.4 is 0 Å². The Hall–Kier alpha value is -1.11. The smallest absolute Gasteiger partial charge is 0.0720 e. The van der Waals surface area contributed by atoms with Crippen molar-refractivity contribution in [3.05, 3.63) is 35.9 Å². The predicted molar refractivity (Wildman–Crippen MR) is 74.5 cm³/mol. The Morgan fingerprint density at radius 2 is 1.88 bits per heavy atom. The van der Waals surface area contributed by atoms with Gasteiger partial charge in [-0.2, -0.15) is 0 Å². The van der Waals surface area contributed by atoms with Crippen LogP contribution >= 0.6 is 0 Å². The van der Waals surface area contributed by atoms with Gasteiger partial charge in [-0.3, -0.25) is 4.99 Å². The van der Waals surface area contributed by atoms with Gasteiger partial charge in [0.2, 0.25) is 0 Å². The minimum absolute atomic E-state index is 0.312. The third kappa shape index (κ3) is 3.42. The molecule has 0 aromatic heterocycles. The van der Waals surface area contributed by atoms with E-state index in [0.29, 0.717) is 12.0 Å². The maximum absolute atomic E-state index is 4.96. The van der Waals surface area contributed by atoms with Crippen LogP contribution in [0.1, 0.15) is 57.6 Å². The molecule has 17 heavy (non-hydrogen) atoms. The minimum Gasteiger partial charge on any atom is -0.286 e. The van der Waals surface area contributed by atoms with Crippen LogP contribution in [-0.4, -0.2) is 5.71 Å². The van der Waals surface area contributed by atoms with Crippen molar-refractivity contribution in [1.29, 1.82) is 0 Å². The van der Waals surface area contributed by atoms with Crippen LogP contribution in [0.25, 0.3) is 0 Å². The second kappa shape index (κ2) is 6.00. The van der Waals surface area contributed by atoms with Gasteiger partial charge in [0, 0.05) is 5.71 Å². The molecule has 1 aliphatic carbocycles. The second-order valence-corrected chi connectivity index (χ2v) is 5.21. The van der Waals surface area contributed by atoms with E-state index in [9.17, 15) is 0 Å². The summed E-state index contributed by atoms with van der Waals surface area (Å²) in [6.07, 6.45) is 6.60. The predicted octanol–water partition coefficient (Wildman–Crippen LogP) is 4.79. The standard InChI is InChI=1S/C16H23N/c1-13-9-5-3-8-12-16(13)17-14(2)15-10-6-4-7-11-15/h4,6-7,10-11,13-14H,3,5,8-9,12H2,1-2H3/t13?,14-/m1/s1. The van der Waals surface area contributed by atoms with Crippen molar-refractivity contribution in [2.75, 3.05) is 0 Å². The fraction of sp³-hybridized carbons (Fsp3) is 0.562. The molecule has 92 valence electrons. The summed E-state index contributed by atoms with van der Waals surface area (Å²) in [4.78, 5) is 4.96. The first-order valence-electron chi connectivity index (χ1n) is 6.89. The third-order valence-corrected chi connectivity index (χ3v) is 3.78. The molecule has 0 spiro atoms. The Morgan fingerprint density at radius 3 is 2.65 bits per heavy atom. The van der Waals surface area contributed by atoms with E-state index in [1.165, 1.54) is 43.4 Å². The number of hydrogen-bond acceptors (Lipinski definition) is 1. The lowest BCUT2D eigenvalue weighted by molar-refractivity contribution is 0.625. The van der Waals surface area contributed by atoms with Crippen LogP contribution in [0, 0.1) is 5.92 Å². The van der Waals surface area contributed by atoms with Crippen LogP contribution in [0.4, 0.5) is 0 Å².